The summed E-state index contributed by atoms with van der Waals surface area (Å²) in [6.07, 6.45) is -0.861. The second kappa shape index (κ2) is 6.66. The number of aliphatic carboxylic acids is 2. The molecule has 1 aromatic carbocycles. The van der Waals surface area contributed by atoms with Crippen molar-refractivity contribution in [1.29, 1.82) is 0 Å². The summed E-state index contributed by atoms with van der Waals surface area (Å²) in [6.45, 7) is 0. The molecule has 0 saturated carbocycles. The molecular weight excluding hydrogens is 422 g/mol. The molecule has 0 aliphatic rings. The van der Waals surface area contributed by atoms with E-state index >= 15 is 0 Å². The fraction of sp³-hybridized carbons (Fsp3) is 0.200. The Morgan fingerprint density at radius 2 is 1.85 bits per heavy atom. The van der Waals surface area contributed by atoms with Crippen molar-refractivity contribution in [2.45, 2.75) is 17.4 Å². The topological polar surface area (TPSA) is 121 Å². The fourth-order valence-electron chi connectivity index (χ4n) is 1.29. The minimum Gasteiger partial charge on any atom is -0.481 e. The van der Waals surface area contributed by atoms with Crippen LogP contribution in [0, 0.1) is 0 Å². The molecule has 0 saturated heterocycles. The first-order valence-electron chi connectivity index (χ1n) is 5.05. The lowest BCUT2D eigenvalue weighted by Crippen LogP contribution is -2.42. The van der Waals surface area contributed by atoms with E-state index in [1.807, 2.05) is 4.72 Å². The Bertz CT molecular complexity index is 645. The molecule has 0 spiro atoms. The number of hydrogen-bond donors (Lipinski definition) is 3. The van der Waals surface area contributed by atoms with Crippen LogP contribution in [-0.4, -0.2) is 36.6 Å². The first kappa shape index (κ1) is 17.1. The molecule has 0 bridgehead atoms. The van der Waals surface area contributed by atoms with E-state index in [9.17, 15) is 18.0 Å². The highest BCUT2D eigenvalue weighted by atomic mass is 79.9. The largest absolute Gasteiger partial charge is 0.481 e. The third kappa shape index (κ3) is 4.54. The van der Waals surface area contributed by atoms with Crippen LogP contribution < -0.4 is 4.72 Å². The number of nitrogens with one attached hydrogen (secondary N) is 1. The summed E-state index contributed by atoms with van der Waals surface area (Å²) in [5.41, 5.74) is 0. The van der Waals surface area contributed by atoms with Crippen molar-refractivity contribution in [1.82, 2.24) is 4.72 Å². The van der Waals surface area contributed by atoms with Crippen molar-refractivity contribution in [3.63, 3.8) is 0 Å². The van der Waals surface area contributed by atoms with E-state index in [1.54, 1.807) is 6.07 Å². The Morgan fingerprint density at radius 3 is 2.35 bits per heavy atom. The molecule has 0 aliphatic carbocycles. The van der Waals surface area contributed by atoms with Gasteiger partial charge in [0.05, 0.1) is 11.3 Å². The molecule has 0 fully saturated rings. The molecule has 110 valence electrons. The van der Waals surface area contributed by atoms with E-state index in [2.05, 4.69) is 31.9 Å². The van der Waals surface area contributed by atoms with Gasteiger partial charge >= 0.3 is 11.9 Å². The number of carbonyl (C=O) groups is 2. The molecule has 0 aliphatic heterocycles. The number of halogens is 2. The monoisotopic (exact) mass is 429 g/mol. The number of rotatable bonds is 6. The van der Waals surface area contributed by atoms with Crippen LogP contribution in [0.4, 0.5) is 0 Å². The lowest BCUT2D eigenvalue weighted by molar-refractivity contribution is -0.145. The zero-order valence-electron chi connectivity index (χ0n) is 9.71. The van der Waals surface area contributed by atoms with Crippen molar-refractivity contribution in [3.8, 4) is 0 Å². The Hall–Kier alpha value is -0.970. The highest BCUT2D eigenvalue weighted by Gasteiger charge is 2.28. The summed E-state index contributed by atoms with van der Waals surface area (Å²) < 4.78 is 26.7. The minimum absolute atomic E-state index is 0.191. The SMILES string of the molecule is O=C(O)C[C@@H](NS(=O)(=O)c1cc(Br)ccc1Br)C(=O)O. The van der Waals surface area contributed by atoms with Gasteiger partial charge in [-0.25, -0.2) is 8.42 Å². The van der Waals surface area contributed by atoms with Crippen LogP contribution in [0.15, 0.2) is 32.0 Å². The number of benzene rings is 1. The average molecular weight is 431 g/mol. The molecule has 1 rings (SSSR count). The van der Waals surface area contributed by atoms with Gasteiger partial charge < -0.3 is 10.2 Å². The molecule has 1 aromatic rings. The van der Waals surface area contributed by atoms with E-state index in [4.69, 9.17) is 10.2 Å². The van der Waals surface area contributed by atoms with E-state index in [1.165, 1.54) is 12.1 Å². The predicted octanol–water partition coefficient (Wildman–Crippen LogP) is 1.42. The third-order valence-electron chi connectivity index (χ3n) is 2.16. The molecule has 3 N–H and O–H groups in total. The first-order valence-corrected chi connectivity index (χ1v) is 8.12. The quantitative estimate of drug-likeness (QED) is 0.627. The van der Waals surface area contributed by atoms with Crippen LogP contribution in [0.3, 0.4) is 0 Å². The summed E-state index contributed by atoms with van der Waals surface area (Å²) in [4.78, 5) is 21.2. The highest BCUT2D eigenvalue weighted by molar-refractivity contribution is 9.11. The fourth-order valence-corrected chi connectivity index (χ4v) is 3.98. The second-order valence-electron chi connectivity index (χ2n) is 3.68. The maximum absolute atomic E-state index is 12.1. The van der Waals surface area contributed by atoms with Crippen molar-refractivity contribution in [2.75, 3.05) is 0 Å². The van der Waals surface area contributed by atoms with Gasteiger partial charge in [-0.3, -0.25) is 9.59 Å². The zero-order chi connectivity index (χ0) is 15.5. The van der Waals surface area contributed by atoms with Crippen LogP contribution in [0.1, 0.15) is 6.42 Å². The molecule has 7 nitrogen and oxygen atoms in total. The number of carboxylic acids is 2. The molecule has 20 heavy (non-hydrogen) atoms. The summed E-state index contributed by atoms with van der Waals surface area (Å²) >= 11 is 6.14. The summed E-state index contributed by atoms with van der Waals surface area (Å²) in [5.74, 6) is -2.99. The molecule has 0 amide bonds. The maximum Gasteiger partial charge on any atom is 0.322 e. The van der Waals surface area contributed by atoms with E-state index in [0.29, 0.717) is 4.47 Å². The van der Waals surface area contributed by atoms with Crippen LogP contribution >= 0.6 is 31.9 Å². The van der Waals surface area contributed by atoms with E-state index in [-0.39, 0.29) is 9.37 Å². The number of carboxylic acid groups (broad SMARTS) is 2. The van der Waals surface area contributed by atoms with Crippen LogP contribution in [0.25, 0.3) is 0 Å². The Kier molecular flexibility index (Phi) is 5.68. The smallest absolute Gasteiger partial charge is 0.322 e. The standard InChI is InChI=1S/C10H9Br2NO6S/c11-5-1-2-6(12)8(3-5)20(18,19)13-7(10(16)17)4-9(14)15/h1-3,7,13H,4H2,(H,14,15)(H,16,17)/t7-/m1/s1. The molecule has 10 heteroatoms. The molecule has 1 atom stereocenters. The predicted molar refractivity (Wildman–Crippen MR) is 75.8 cm³/mol. The summed E-state index contributed by atoms with van der Waals surface area (Å²) in [7, 11) is -4.17. The Labute approximate surface area is 131 Å². The number of sulfonamides is 1. The molecule has 0 unspecified atom stereocenters. The first-order chi connectivity index (χ1) is 9.13. The van der Waals surface area contributed by atoms with Gasteiger partial charge in [0.15, 0.2) is 0 Å². The normalized spacial score (nSPS) is 12.9. The second-order valence-corrected chi connectivity index (χ2v) is 7.14. The summed E-state index contributed by atoms with van der Waals surface area (Å²) in [6, 6.07) is 2.58. The van der Waals surface area contributed by atoms with Gasteiger partial charge in [-0.15, -0.1) is 0 Å². The highest BCUT2D eigenvalue weighted by Crippen LogP contribution is 2.25. The van der Waals surface area contributed by atoms with Gasteiger partial charge in [0.2, 0.25) is 10.0 Å². The summed E-state index contributed by atoms with van der Waals surface area (Å²) in [5, 5.41) is 17.4. The lowest BCUT2D eigenvalue weighted by atomic mass is 10.2. The van der Waals surface area contributed by atoms with Crippen molar-refractivity contribution in [2.24, 2.45) is 0 Å². The van der Waals surface area contributed by atoms with Crippen LogP contribution in [0.5, 0.6) is 0 Å². The van der Waals surface area contributed by atoms with Gasteiger partial charge in [0, 0.05) is 8.95 Å². The van der Waals surface area contributed by atoms with Gasteiger partial charge in [0.1, 0.15) is 6.04 Å². The third-order valence-corrected chi connectivity index (χ3v) is 5.12. The minimum atomic E-state index is -4.17. The van der Waals surface area contributed by atoms with E-state index < -0.39 is 34.4 Å². The van der Waals surface area contributed by atoms with Crippen LogP contribution in [-0.2, 0) is 19.6 Å². The van der Waals surface area contributed by atoms with E-state index in [0.717, 1.165) is 0 Å². The van der Waals surface area contributed by atoms with Gasteiger partial charge in [0.25, 0.3) is 0 Å². The molecule has 0 aromatic heterocycles. The zero-order valence-corrected chi connectivity index (χ0v) is 13.7. The van der Waals surface area contributed by atoms with Gasteiger partial charge in [-0.05, 0) is 34.1 Å². The molecule has 0 heterocycles. The van der Waals surface area contributed by atoms with Crippen molar-refractivity contribution >= 4 is 53.8 Å². The average Bonchev–Trinajstić information content (AvgIpc) is 2.30. The maximum atomic E-state index is 12.1. The lowest BCUT2D eigenvalue weighted by Gasteiger charge is -2.14. The van der Waals surface area contributed by atoms with Crippen LogP contribution in [0.2, 0.25) is 0 Å². The Balaban J connectivity index is 3.12. The van der Waals surface area contributed by atoms with Crippen molar-refractivity contribution in [3.05, 3.63) is 27.1 Å². The number of hydrogen-bond acceptors (Lipinski definition) is 4. The Morgan fingerprint density at radius 1 is 1.25 bits per heavy atom. The molecular formula is C10H9Br2NO6S. The van der Waals surface area contributed by atoms with Gasteiger partial charge in [-0.1, -0.05) is 15.9 Å². The van der Waals surface area contributed by atoms with Gasteiger partial charge in [-0.2, -0.15) is 4.72 Å². The molecule has 0 radical (unpaired) electrons. The van der Waals surface area contributed by atoms with Crippen molar-refractivity contribution < 1.29 is 28.2 Å².